The van der Waals surface area contributed by atoms with E-state index in [0.29, 0.717) is 0 Å². The summed E-state index contributed by atoms with van der Waals surface area (Å²) in [6.45, 7) is 10.2. The van der Waals surface area contributed by atoms with Gasteiger partial charge in [0.15, 0.2) is 6.04 Å². The van der Waals surface area contributed by atoms with Crippen molar-refractivity contribution < 1.29 is 10.1 Å². The molecule has 2 atom stereocenters. The lowest BCUT2D eigenvalue weighted by molar-refractivity contribution is -0.703. The number of carbonyl (C=O) groups excluding carboxylic acids is 1. The highest BCUT2D eigenvalue weighted by molar-refractivity contribution is 7.10. The van der Waals surface area contributed by atoms with Crippen LogP contribution in [0.25, 0.3) is 0 Å². The summed E-state index contributed by atoms with van der Waals surface area (Å²) in [5.41, 5.74) is 6.81. The van der Waals surface area contributed by atoms with Crippen LogP contribution < -0.4 is 10.6 Å². The van der Waals surface area contributed by atoms with E-state index < -0.39 is 0 Å². The van der Waals surface area contributed by atoms with Crippen LogP contribution in [0.3, 0.4) is 0 Å². The first-order chi connectivity index (χ1) is 13.3. The number of benzene rings is 2. The molecule has 3 aromatic rings. The van der Waals surface area contributed by atoms with E-state index in [9.17, 15) is 4.79 Å². The number of amides is 1. The highest BCUT2D eigenvalue weighted by Gasteiger charge is 2.26. The molecule has 0 saturated carbocycles. The number of thiophene rings is 1. The third-order valence-electron chi connectivity index (χ3n) is 5.11. The molecule has 1 heterocycles. The average molecular weight is 394 g/mol. The molecule has 0 aliphatic carbocycles. The molecule has 0 unspecified atom stereocenters. The first-order valence-corrected chi connectivity index (χ1v) is 10.6. The van der Waals surface area contributed by atoms with Gasteiger partial charge in [-0.25, -0.2) is 0 Å². The van der Waals surface area contributed by atoms with Gasteiger partial charge in [0.2, 0.25) is 0 Å². The van der Waals surface area contributed by atoms with Gasteiger partial charge in [0, 0.05) is 11.3 Å². The number of hydrogen-bond acceptors (Lipinski definition) is 2. The van der Waals surface area contributed by atoms with Crippen molar-refractivity contribution in [1.29, 1.82) is 0 Å². The van der Waals surface area contributed by atoms with Gasteiger partial charge in [-0.15, -0.1) is 11.3 Å². The van der Waals surface area contributed by atoms with E-state index in [4.69, 9.17) is 0 Å². The molecule has 1 amide bonds. The number of rotatable bonds is 6. The van der Waals surface area contributed by atoms with Gasteiger partial charge < -0.3 is 10.6 Å². The molecule has 1 aromatic heterocycles. The van der Waals surface area contributed by atoms with Crippen molar-refractivity contribution in [2.45, 2.75) is 46.7 Å². The number of anilines is 1. The fraction of sp³-hybridized carbons (Fsp3) is 0.292. The predicted octanol–water partition coefficient (Wildman–Crippen LogP) is 4.66. The van der Waals surface area contributed by atoms with Crippen LogP contribution in [0.4, 0.5) is 5.69 Å². The molecule has 3 N–H and O–H groups in total. The molecule has 0 fully saturated rings. The van der Waals surface area contributed by atoms with E-state index in [1.165, 1.54) is 21.6 Å². The van der Waals surface area contributed by atoms with Crippen LogP contribution in [0.5, 0.6) is 0 Å². The Bertz CT molecular complexity index is 922. The number of hydrogen-bond donors (Lipinski definition) is 2. The molecular formula is C24H29N2OS+. The number of quaternary nitrogens is 1. The minimum Gasteiger partial charge on any atom is -0.326 e. The summed E-state index contributed by atoms with van der Waals surface area (Å²) in [4.78, 5) is 14.2. The van der Waals surface area contributed by atoms with Crippen LogP contribution >= 0.6 is 11.3 Å². The third kappa shape index (κ3) is 4.70. The summed E-state index contributed by atoms with van der Waals surface area (Å²) < 4.78 is 0. The normalized spacial score (nSPS) is 13.2. The Labute approximate surface area is 171 Å². The van der Waals surface area contributed by atoms with Crippen molar-refractivity contribution in [2.24, 2.45) is 0 Å². The molecule has 2 aromatic carbocycles. The predicted molar refractivity (Wildman–Crippen MR) is 118 cm³/mol. The first-order valence-electron chi connectivity index (χ1n) is 9.69. The van der Waals surface area contributed by atoms with Crippen molar-refractivity contribution in [3.05, 3.63) is 86.6 Å². The zero-order chi connectivity index (χ0) is 20.3. The lowest BCUT2D eigenvalue weighted by atomic mass is 10.0. The van der Waals surface area contributed by atoms with Crippen LogP contribution in [-0.2, 0) is 4.79 Å². The molecule has 0 spiro atoms. The minimum atomic E-state index is -0.214. The maximum Gasteiger partial charge on any atom is 0.282 e. The topological polar surface area (TPSA) is 45.7 Å². The number of nitrogens with two attached hydrogens (primary N) is 1. The second kappa shape index (κ2) is 8.72. The highest BCUT2D eigenvalue weighted by Crippen LogP contribution is 2.24. The SMILES string of the molecule is Cc1ccc([C@H]([NH2+][C@@H](C)C(=O)Nc2c(C)cc(C)cc2C)c2cccs2)cc1. The second-order valence-electron chi connectivity index (χ2n) is 7.65. The van der Waals surface area contributed by atoms with Gasteiger partial charge in [-0.3, -0.25) is 4.79 Å². The Hall–Kier alpha value is -2.43. The van der Waals surface area contributed by atoms with Crippen LogP contribution in [0.1, 0.15) is 45.7 Å². The maximum absolute atomic E-state index is 13.0. The summed E-state index contributed by atoms with van der Waals surface area (Å²) in [5.74, 6) is 0.0312. The van der Waals surface area contributed by atoms with Gasteiger partial charge in [-0.1, -0.05) is 53.6 Å². The van der Waals surface area contributed by atoms with Gasteiger partial charge in [-0.05, 0) is 57.2 Å². The fourth-order valence-corrected chi connectivity index (χ4v) is 4.44. The first kappa shape index (κ1) is 20.3. The molecule has 0 saturated heterocycles. The van der Waals surface area contributed by atoms with Crippen molar-refractivity contribution >= 4 is 22.9 Å². The quantitative estimate of drug-likeness (QED) is 0.628. The van der Waals surface area contributed by atoms with Gasteiger partial charge in [0.05, 0.1) is 4.88 Å². The zero-order valence-corrected chi connectivity index (χ0v) is 18.1. The maximum atomic E-state index is 13.0. The van der Waals surface area contributed by atoms with Gasteiger partial charge in [0.25, 0.3) is 5.91 Å². The molecule has 0 aliphatic heterocycles. The fourth-order valence-electron chi connectivity index (χ4n) is 3.60. The minimum absolute atomic E-state index is 0.0312. The van der Waals surface area contributed by atoms with Crippen molar-refractivity contribution in [3.8, 4) is 0 Å². The molecule has 0 radical (unpaired) electrons. The van der Waals surface area contributed by atoms with Crippen LogP contribution in [0, 0.1) is 27.7 Å². The molecule has 28 heavy (non-hydrogen) atoms. The summed E-state index contributed by atoms with van der Waals surface area (Å²) in [6.07, 6.45) is 0. The number of nitrogens with one attached hydrogen (secondary N) is 1. The molecular weight excluding hydrogens is 364 g/mol. The van der Waals surface area contributed by atoms with Gasteiger partial charge in [0.1, 0.15) is 6.04 Å². The highest BCUT2D eigenvalue weighted by atomic mass is 32.1. The van der Waals surface area contributed by atoms with E-state index >= 15 is 0 Å². The van der Waals surface area contributed by atoms with Crippen LogP contribution in [0.2, 0.25) is 0 Å². The van der Waals surface area contributed by atoms with Gasteiger partial charge in [-0.2, -0.15) is 0 Å². The molecule has 4 heteroatoms. The largest absolute Gasteiger partial charge is 0.326 e. The second-order valence-corrected chi connectivity index (χ2v) is 8.63. The van der Waals surface area contributed by atoms with E-state index in [2.05, 4.69) is 78.4 Å². The zero-order valence-electron chi connectivity index (χ0n) is 17.2. The Morgan fingerprint density at radius 3 is 2.18 bits per heavy atom. The lowest BCUT2D eigenvalue weighted by Crippen LogP contribution is -2.92. The van der Waals surface area contributed by atoms with Crippen molar-refractivity contribution in [3.63, 3.8) is 0 Å². The molecule has 0 aliphatic rings. The summed E-state index contributed by atoms with van der Waals surface area (Å²) in [7, 11) is 0. The average Bonchev–Trinajstić information content (AvgIpc) is 3.17. The Balaban J connectivity index is 1.79. The van der Waals surface area contributed by atoms with Crippen LogP contribution in [0.15, 0.2) is 53.9 Å². The summed E-state index contributed by atoms with van der Waals surface area (Å²) >= 11 is 1.73. The monoisotopic (exact) mass is 393 g/mol. The smallest absolute Gasteiger partial charge is 0.282 e. The van der Waals surface area contributed by atoms with Crippen LogP contribution in [-0.4, -0.2) is 11.9 Å². The Morgan fingerprint density at radius 2 is 1.61 bits per heavy atom. The van der Waals surface area contributed by atoms with Crippen molar-refractivity contribution in [2.75, 3.05) is 5.32 Å². The van der Waals surface area contributed by atoms with E-state index in [1.807, 2.05) is 20.8 Å². The standard InChI is InChI=1S/C24H28N2OS/c1-15-8-10-20(11-9-15)23(21-7-6-12-28-21)25-19(5)24(27)26-22-17(3)13-16(2)14-18(22)4/h6-14,19,23,25H,1-5H3,(H,26,27)/p+1/t19-,23-/m0/s1. The lowest BCUT2D eigenvalue weighted by Gasteiger charge is -2.20. The number of aryl methyl sites for hydroxylation is 4. The number of carbonyl (C=O) groups is 1. The summed E-state index contributed by atoms with van der Waals surface area (Å²) in [6, 6.07) is 16.9. The van der Waals surface area contributed by atoms with Crippen molar-refractivity contribution in [1.82, 2.24) is 0 Å². The molecule has 0 bridgehead atoms. The molecule has 3 nitrogen and oxygen atoms in total. The van der Waals surface area contributed by atoms with Gasteiger partial charge >= 0.3 is 0 Å². The Kier molecular flexibility index (Phi) is 6.32. The van der Waals surface area contributed by atoms with E-state index in [1.54, 1.807) is 11.3 Å². The third-order valence-corrected chi connectivity index (χ3v) is 6.06. The van der Waals surface area contributed by atoms with E-state index in [0.717, 1.165) is 16.8 Å². The van der Waals surface area contributed by atoms with E-state index in [-0.39, 0.29) is 18.0 Å². The Morgan fingerprint density at radius 1 is 0.964 bits per heavy atom. The molecule has 3 rings (SSSR count). The summed E-state index contributed by atoms with van der Waals surface area (Å²) in [5, 5.41) is 7.40. The molecule has 146 valence electrons.